The van der Waals surface area contributed by atoms with Crippen molar-refractivity contribution in [3.63, 3.8) is 0 Å². The molecule has 0 aromatic carbocycles. The SMILES string of the molecule is Cc1nc2c(c[n+]1C)CN(C(=O)OC(C)(C)C)C(C)C2. The monoisotopic (exact) mass is 278 g/mol. The molecule has 0 aliphatic carbocycles. The zero-order chi connectivity index (χ0) is 15.1. The Morgan fingerprint density at radius 2 is 2.15 bits per heavy atom. The van der Waals surface area contributed by atoms with E-state index in [1.807, 2.05) is 46.2 Å². The lowest BCUT2D eigenvalue weighted by Crippen LogP contribution is -2.47. The van der Waals surface area contributed by atoms with E-state index in [-0.39, 0.29) is 12.1 Å². The van der Waals surface area contributed by atoms with Crippen LogP contribution in [0.5, 0.6) is 0 Å². The lowest BCUT2D eigenvalue weighted by atomic mass is 10.0. The van der Waals surface area contributed by atoms with E-state index in [1.165, 1.54) is 0 Å². The van der Waals surface area contributed by atoms with Gasteiger partial charge >= 0.3 is 6.09 Å². The Morgan fingerprint density at radius 3 is 2.75 bits per heavy atom. The van der Waals surface area contributed by atoms with Crippen molar-refractivity contribution in [2.24, 2.45) is 7.05 Å². The van der Waals surface area contributed by atoms with E-state index in [1.54, 1.807) is 4.90 Å². The summed E-state index contributed by atoms with van der Waals surface area (Å²) >= 11 is 0. The Bertz CT molecular complexity index is 535. The fraction of sp³-hybridized carbons (Fsp3) is 0.667. The number of aryl methyl sites for hydroxylation is 2. The third kappa shape index (κ3) is 3.08. The molecule has 1 amide bonds. The fourth-order valence-electron chi connectivity index (χ4n) is 2.35. The van der Waals surface area contributed by atoms with Crippen LogP contribution in [0.2, 0.25) is 0 Å². The van der Waals surface area contributed by atoms with Gasteiger partial charge in [0.15, 0.2) is 5.69 Å². The summed E-state index contributed by atoms with van der Waals surface area (Å²) in [5, 5.41) is 0. The van der Waals surface area contributed by atoms with Crippen molar-refractivity contribution in [1.29, 1.82) is 0 Å². The summed E-state index contributed by atoms with van der Waals surface area (Å²) < 4.78 is 7.46. The van der Waals surface area contributed by atoms with Gasteiger partial charge in [-0.05, 0) is 27.7 Å². The van der Waals surface area contributed by atoms with Crippen molar-refractivity contribution in [1.82, 2.24) is 9.88 Å². The predicted molar refractivity (Wildman–Crippen MR) is 75.1 cm³/mol. The molecule has 0 saturated heterocycles. The molecule has 0 bridgehead atoms. The zero-order valence-electron chi connectivity index (χ0n) is 13.2. The molecule has 2 heterocycles. The first-order valence-electron chi connectivity index (χ1n) is 7.02. The Labute approximate surface area is 120 Å². The van der Waals surface area contributed by atoms with Gasteiger partial charge in [0, 0.05) is 19.4 Å². The number of fused-ring (bicyclic) bond motifs is 1. The van der Waals surface area contributed by atoms with Gasteiger partial charge in [-0.1, -0.05) is 4.98 Å². The van der Waals surface area contributed by atoms with Crippen molar-refractivity contribution in [3.8, 4) is 0 Å². The quantitative estimate of drug-likeness (QED) is 0.681. The van der Waals surface area contributed by atoms with E-state index in [4.69, 9.17) is 4.74 Å². The first-order valence-corrected chi connectivity index (χ1v) is 7.02. The van der Waals surface area contributed by atoms with E-state index in [0.717, 1.165) is 23.5 Å². The van der Waals surface area contributed by atoms with Gasteiger partial charge in [0.25, 0.3) is 5.82 Å². The molecule has 20 heavy (non-hydrogen) atoms. The summed E-state index contributed by atoms with van der Waals surface area (Å²) in [6.07, 6.45) is 2.58. The van der Waals surface area contributed by atoms with Crippen molar-refractivity contribution in [3.05, 3.63) is 23.3 Å². The maximum Gasteiger partial charge on any atom is 0.410 e. The minimum atomic E-state index is -0.465. The van der Waals surface area contributed by atoms with Crippen LogP contribution in [0.3, 0.4) is 0 Å². The Kier molecular flexibility index (Phi) is 3.71. The van der Waals surface area contributed by atoms with Gasteiger partial charge in [-0.2, -0.15) is 0 Å². The normalized spacial score (nSPS) is 18.7. The minimum absolute atomic E-state index is 0.108. The van der Waals surface area contributed by atoms with Crippen molar-refractivity contribution >= 4 is 6.09 Å². The molecule has 1 atom stereocenters. The maximum atomic E-state index is 12.3. The van der Waals surface area contributed by atoms with Crippen LogP contribution in [0, 0.1) is 6.92 Å². The molecule has 110 valence electrons. The fourth-order valence-corrected chi connectivity index (χ4v) is 2.35. The average molecular weight is 278 g/mol. The van der Waals surface area contributed by atoms with Gasteiger partial charge in [0.1, 0.15) is 5.60 Å². The van der Waals surface area contributed by atoms with Crippen molar-refractivity contribution in [2.75, 3.05) is 0 Å². The highest BCUT2D eigenvalue weighted by molar-refractivity contribution is 5.69. The van der Waals surface area contributed by atoms with Gasteiger partial charge in [-0.25, -0.2) is 9.36 Å². The van der Waals surface area contributed by atoms with E-state index in [9.17, 15) is 4.79 Å². The number of hydrogen-bond acceptors (Lipinski definition) is 3. The molecular formula is C15H24N3O2+. The summed E-state index contributed by atoms with van der Waals surface area (Å²) in [6, 6.07) is 0.108. The second-order valence-corrected chi connectivity index (χ2v) is 6.53. The molecule has 0 fully saturated rings. The summed E-state index contributed by atoms with van der Waals surface area (Å²) in [5.41, 5.74) is 1.72. The van der Waals surface area contributed by atoms with Crippen LogP contribution in [-0.4, -0.2) is 27.6 Å². The molecule has 2 rings (SSSR count). The minimum Gasteiger partial charge on any atom is -0.444 e. The van der Waals surface area contributed by atoms with Gasteiger partial charge in [0.2, 0.25) is 0 Å². The van der Waals surface area contributed by atoms with Crippen molar-refractivity contribution < 1.29 is 14.1 Å². The lowest BCUT2D eigenvalue weighted by molar-refractivity contribution is -0.681. The second-order valence-electron chi connectivity index (χ2n) is 6.53. The molecule has 5 nitrogen and oxygen atoms in total. The zero-order valence-corrected chi connectivity index (χ0v) is 13.2. The van der Waals surface area contributed by atoms with E-state index >= 15 is 0 Å². The number of aromatic nitrogens is 2. The highest BCUT2D eigenvalue weighted by Gasteiger charge is 2.33. The molecule has 1 aliphatic rings. The molecule has 0 N–H and O–H groups in total. The van der Waals surface area contributed by atoms with E-state index in [0.29, 0.717) is 6.54 Å². The first-order chi connectivity index (χ1) is 9.17. The van der Waals surface area contributed by atoms with Gasteiger partial charge in [-0.3, -0.25) is 0 Å². The molecule has 5 heteroatoms. The number of ether oxygens (including phenoxy) is 1. The van der Waals surface area contributed by atoms with Gasteiger partial charge < -0.3 is 9.64 Å². The van der Waals surface area contributed by atoms with Crippen LogP contribution in [0.25, 0.3) is 0 Å². The summed E-state index contributed by atoms with van der Waals surface area (Å²) in [7, 11) is 1.97. The highest BCUT2D eigenvalue weighted by atomic mass is 16.6. The van der Waals surface area contributed by atoms with Crippen LogP contribution in [0.15, 0.2) is 6.20 Å². The third-order valence-corrected chi connectivity index (χ3v) is 3.52. The first kappa shape index (κ1) is 14.8. The second kappa shape index (κ2) is 5.04. The number of hydrogen-bond donors (Lipinski definition) is 0. The smallest absolute Gasteiger partial charge is 0.410 e. The molecule has 0 spiro atoms. The van der Waals surface area contributed by atoms with Gasteiger partial charge in [0.05, 0.1) is 25.4 Å². The molecule has 1 aromatic heterocycles. The summed E-state index contributed by atoms with van der Waals surface area (Å²) in [5.74, 6) is 0.988. The average Bonchev–Trinajstić information content (AvgIpc) is 2.28. The van der Waals surface area contributed by atoms with E-state index < -0.39 is 5.60 Å². The van der Waals surface area contributed by atoms with Crippen LogP contribution in [-0.2, 0) is 24.8 Å². The number of nitrogens with zero attached hydrogens (tertiary/aromatic N) is 3. The van der Waals surface area contributed by atoms with Crippen LogP contribution >= 0.6 is 0 Å². The molecule has 1 aromatic rings. The summed E-state index contributed by atoms with van der Waals surface area (Å²) in [6.45, 7) is 10.3. The van der Waals surface area contributed by atoms with Crippen molar-refractivity contribution in [2.45, 2.75) is 59.2 Å². The Hall–Kier alpha value is -1.65. The molecule has 1 unspecified atom stereocenters. The molecular weight excluding hydrogens is 254 g/mol. The standard InChI is InChI=1S/C15H24N3O2/c1-10-7-13-12(8-17(6)11(2)16-13)9-18(10)14(19)20-15(3,4)5/h8,10H,7,9H2,1-6H3/q+1. The number of carbonyl (C=O) groups excluding carboxylic acids is 1. The van der Waals surface area contributed by atoms with Gasteiger partial charge in [-0.15, -0.1) is 0 Å². The maximum absolute atomic E-state index is 12.3. The Balaban J connectivity index is 2.23. The molecule has 1 aliphatic heterocycles. The highest BCUT2D eigenvalue weighted by Crippen LogP contribution is 2.23. The number of rotatable bonds is 0. The largest absolute Gasteiger partial charge is 0.444 e. The third-order valence-electron chi connectivity index (χ3n) is 3.52. The van der Waals surface area contributed by atoms with E-state index in [2.05, 4.69) is 11.2 Å². The summed E-state index contributed by atoms with van der Waals surface area (Å²) in [4.78, 5) is 18.7. The number of amides is 1. The predicted octanol–water partition coefficient (Wildman–Crippen LogP) is 1.90. The van der Waals surface area contributed by atoms with Crippen LogP contribution < -0.4 is 4.57 Å². The number of carbonyl (C=O) groups is 1. The Morgan fingerprint density at radius 1 is 1.50 bits per heavy atom. The van der Waals surface area contributed by atoms with Crippen LogP contribution in [0.1, 0.15) is 44.8 Å². The topological polar surface area (TPSA) is 46.3 Å². The van der Waals surface area contributed by atoms with Crippen LogP contribution in [0.4, 0.5) is 4.79 Å². The molecule has 0 radical (unpaired) electrons. The molecule has 0 saturated carbocycles. The lowest BCUT2D eigenvalue weighted by Gasteiger charge is -2.34.